The number of aliphatic hydroxyl groups is 3. The van der Waals surface area contributed by atoms with Crippen LogP contribution in [0.2, 0.25) is 0 Å². The third kappa shape index (κ3) is 2.51. The maximum absolute atomic E-state index is 11.7. The van der Waals surface area contributed by atoms with Crippen molar-refractivity contribution in [2.75, 3.05) is 6.61 Å². The molecule has 2 rings (SSSR count). The molecule has 3 N–H and O–H groups in total. The first-order chi connectivity index (χ1) is 8.63. The van der Waals surface area contributed by atoms with Crippen molar-refractivity contribution in [3.63, 3.8) is 0 Å². The molecule has 0 saturated carbocycles. The van der Waals surface area contributed by atoms with Crippen LogP contribution in [0.1, 0.15) is 10.4 Å². The minimum absolute atomic E-state index is 0.315. The lowest BCUT2D eigenvalue weighted by Crippen LogP contribution is -2.35. The van der Waals surface area contributed by atoms with E-state index in [1.54, 1.807) is 30.3 Å². The number of esters is 1. The van der Waals surface area contributed by atoms with Gasteiger partial charge < -0.3 is 24.8 Å². The summed E-state index contributed by atoms with van der Waals surface area (Å²) in [5, 5.41) is 28.0. The van der Waals surface area contributed by atoms with Gasteiger partial charge in [0, 0.05) is 0 Å². The average Bonchev–Trinajstić information content (AvgIpc) is 2.67. The highest BCUT2D eigenvalue weighted by Gasteiger charge is 2.44. The highest BCUT2D eigenvalue weighted by atomic mass is 16.7. The number of hydrogen-bond donors (Lipinski definition) is 3. The maximum Gasteiger partial charge on any atom is 0.340 e. The predicted molar refractivity (Wildman–Crippen MR) is 59.6 cm³/mol. The monoisotopic (exact) mass is 254 g/mol. The van der Waals surface area contributed by atoms with Crippen molar-refractivity contribution in [2.45, 2.75) is 24.6 Å². The van der Waals surface area contributed by atoms with Gasteiger partial charge in [0.05, 0.1) is 12.2 Å². The molecule has 0 aromatic heterocycles. The van der Waals surface area contributed by atoms with Crippen LogP contribution in [0.3, 0.4) is 0 Å². The first-order valence-corrected chi connectivity index (χ1v) is 5.52. The number of benzene rings is 1. The molecule has 1 saturated heterocycles. The standard InChI is InChI=1S/C12H14O6/c13-6-8-9(14)10(15)12(17-8)18-11(16)7-4-2-1-3-5-7/h1-5,8-10,12-15H,6H2/t8-,9-,10+,12?/m0/s1. The molecule has 98 valence electrons. The molecule has 1 aliphatic heterocycles. The van der Waals surface area contributed by atoms with Crippen molar-refractivity contribution < 1.29 is 29.6 Å². The van der Waals surface area contributed by atoms with Gasteiger partial charge in [0.2, 0.25) is 6.29 Å². The molecular formula is C12H14O6. The number of carbonyl (C=O) groups excluding carboxylic acids is 1. The van der Waals surface area contributed by atoms with Crippen molar-refractivity contribution in [1.29, 1.82) is 0 Å². The third-order valence-corrected chi connectivity index (χ3v) is 2.73. The van der Waals surface area contributed by atoms with Crippen molar-refractivity contribution in [3.05, 3.63) is 35.9 Å². The largest absolute Gasteiger partial charge is 0.429 e. The third-order valence-electron chi connectivity index (χ3n) is 2.73. The molecule has 6 heteroatoms. The summed E-state index contributed by atoms with van der Waals surface area (Å²) in [5.41, 5.74) is 0.315. The van der Waals surface area contributed by atoms with Crippen LogP contribution in [0.15, 0.2) is 30.3 Å². The van der Waals surface area contributed by atoms with Gasteiger partial charge in [0.15, 0.2) is 0 Å². The Kier molecular flexibility index (Phi) is 3.93. The van der Waals surface area contributed by atoms with Gasteiger partial charge in [-0.25, -0.2) is 4.79 Å². The van der Waals surface area contributed by atoms with Crippen LogP contribution in [-0.4, -0.2) is 52.5 Å². The summed E-state index contributed by atoms with van der Waals surface area (Å²) >= 11 is 0. The number of rotatable bonds is 3. The molecule has 1 fully saturated rings. The predicted octanol–water partition coefficient (Wildman–Crippen LogP) is -0.718. The summed E-state index contributed by atoms with van der Waals surface area (Å²) in [4.78, 5) is 11.7. The van der Waals surface area contributed by atoms with Crippen LogP contribution in [0.25, 0.3) is 0 Å². The second-order valence-electron chi connectivity index (χ2n) is 3.98. The minimum Gasteiger partial charge on any atom is -0.429 e. The van der Waals surface area contributed by atoms with Crippen LogP contribution in [0.5, 0.6) is 0 Å². The second-order valence-corrected chi connectivity index (χ2v) is 3.98. The average molecular weight is 254 g/mol. The maximum atomic E-state index is 11.7. The van der Waals surface area contributed by atoms with E-state index in [0.717, 1.165) is 0 Å². The molecule has 1 heterocycles. The van der Waals surface area contributed by atoms with Gasteiger partial charge in [-0.2, -0.15) is 0 Å². The van der Waals surface area contributed by atoms with Crippen LogP contribution in [0.4, 0.5) is 0 Å². The minimum atomic E-state index is -1.37. The fourth-order valence-electron chi connectivity index (χ4n) is 1.71. The summed E-state index contributed by atoms with van der Waals surface area (Å²) < 4.78 is 9.96. The van der Waals surface area contributed by atoms with E-state index in [9.17, 15) is 15.0 Å². The van der Waals surface area contributed by atoms with E-state index >= 15 is 0 Å². The van der Waals surface area contributed by atoms with E-state index in [2.05, 4.69) is 0 Å². The fourth-order valence-corrected chi connectivity index (χ4v) is 1.71. The van der Waals surface area contributed by atoms with Gasteiger partial charge in [-0.05, 0) is 12.1 Å². The fraction of sp³-hybridized carbons (Fsp3) is 0.417. The molecule has 1 aromatic rings. The van der Waals surface area contributed by atoms with E-state index in [1.807, 2.05) is 0 Å². The number of aliphatic hydroxyl groups excluding tert-OH is 3. The lowest BCUT2D eigenvalue weighted by Gasteiger charge is -2.15. The van der Waals surface area contributed by atoms with E-state index in [-0.39, 0.29) is 0 Å². The lowest BCUT2D eigenvalue weighted by atomic mass is 10.1. The molecule has 18 heavy (non-hydrogen) atoms. The zero-order valence-electron chi connectivity index (χ0n) is 9.47. The van der Waals surface area contributed by atoms with Crippen LogP contribution < -0.4 is 0 Å². The van der Waals surface area contributed by atoms with Crippen LogP contribution >= 0.6 is 0 Å². The number of carbonyl (C=O) groups is 1. The van der Waals surface area contributed by atoms with Crippen LogP contribution in [-0.2, 0) is 9.47 Å². The Bertz CT molecular complexity index is 406. The van der Waals surface area contributed by atoms with E-state index in [4.69, 9.17) is 14.6 Å². The van der Waals surface area contributed by atoms with Crippen molar-refractivity contribution >= 4 is 5.97 Å². The molecule has 0 spiro atoms. The normalized spacial score (nSPS) is 31.3. The second kappa shape index (κ2) is 5.45. The Balaban J connectivity index is 2.00. The molecule has 0 radical (unpaired) electrons. The first-order valence-electron chi connectivity index (χ1n) is 5.52. The summed E-state index contributed by atoms with van der Waals surface area (Å²) in [6, 6.07) is 8.22. The van der Waals surface area contributed by atoms with E-state index < -0.39 is 37.2 Å². The van der Waals surface area contributed by atoms with Crippen LogP contribution in [0, 0.1) is 0 Å². The van der Waals surface area contributed by atoms with Gasteiger partial charge in [-0.15, -0.1) is 0 Å². The quantitative estimate of drug-likeness (QED) is 0.616. The molecule has 1 aromatic carbocycles. The molecule has 0 aliphatic carbocycles. The van der Waals surface area contributed by atoms with E-state index in [0.29, 0.717) is 5.56 Å². The first kappa shape index (κ1) is 13.0. The molecule has 0 amide bonds. The van der Waals surface area contributed by atoms with Crippen molar-refractivity contribution in [3.8, 4) is 0 Å². The lowest BCUT2D eigenvalue weighted by molar-refractivity contribution is -0.139. The summed E-state index contributed by atoms with van der Waals surface area (Å²) in [6.07, 6.45) is -4.86. The van der Waals surface area contributed by atoms with Gasteiger partial charge >= 0.3 is 5.97 Å². The zero-order valence-corrected chi connectivity index (χ0v) is 9.47. The molecule has 4 atom stereocenters. The number of ether oxygens (including phenoxy) is 2. The van der Waals surface area contributed by atoms with E-state index in [1.165, 1.54) is 0 Å². The topological polar surface area (TPSA) is 96.2 Å². The Morgan fingerprint density at radius 3 is 2.44 bits per heavy atom. The molecular weight excluding hydrogens is 240 g/mol. The molecule has 6 nitrogen and oxygen atoms in total. The molecule has 0 bridgehead atoms. The summed E-state index contributed by atoms with van der Waals surface area (Å²) in [7, 11) is 0. The smallest absolute Gasteiger partial charge is 0.340 e. The summed E-state index contributed by atoms with van der Waals surface area (Å²) in [5.74, 6) is -0.662. The molecule has 1 aliphatic rings. The SMILES string of the molecule is O=C(OC1O[C@@H](CO)[C@H](O)[C@H]1O)c1ccccc1. The van der Waals surface area contributed by atoms with Gasteiger partial charge in [0.1, 0.15) is 18.3 Å². The molecule has 1 unspecified atom stereocenters. The Hall–Kier alpha value is -1.47. The van der Waals surface area contributed by atoms with Gasteiger partial charge in [-0.3, -0.25) is 0 Å². The summed E-state index contributed by atoms with van der Waals surface area (Å²) in [6.45, 7) is -0.461. The van der Waals surface area contributed by atoms with Crippen molar-refractivity contribution in [1.82, 2.24) is 0 Å². The van der Waals surface area contributed by atoms with Gasteiger partial charge in [0.25, 0.3) is 0 Å². The Morgan fingerprint density at radius 2 is 1.89 bits per heavy atom. The highest BCUT2D eigenvalue weighted by molar-refractivity contribution is 5.89. The van der Waals surface area contributed by atoms with Gasteiger partial charge in [-0.1, -0.05) is 18.2 Å². The zero-order chi connectivity index (χ0) is 13.1. The Labute approximate surface area is 103 Å². The number of hydrogen-bond acceptors (Lipinski definition) is 6. The highest BCUT2D eigenvalue weighted by Crippen LogP contribution is 2.22. The van der Waals surface area contributed by atoms with Crippen molar-refractivity contribution in [2.24, 2.45) is 0 Å². The Morgan fingerprint density at radius 1 is 1.22 bits per heavy atom.